The molecule has 3 rings (SSSR count). The van der Waals surface area contributed by atoms with Gasteiger partial charge in [-0.3, -0.25) is 4.90 Å². The van der Waals surface area contributed by atoms with Gasteiger partial charge in [0.2, 0.25) is 10.0 Å². The first kappa shape index (κ1) is 18.0. The Morgan fingerprint density at radius 1 is 0.920 bits per heavy atom. The topological polar surface area (TPSA) is 40.6 Å². The van der Waals surface area contributed by atoms with Crippen LogP contribution in [0.2, 0.25) is 0 Å². The lowest BCUT2D eigenvalue weighted by Gasteiger charge is -2.34. The lowest BCUT2D eigenvalue weighted by Crippen LogP contribution is -2.48. The van der Waals surface area contributed by atoms with Gasteiger partial charge in [0, 0.05) is 32.7 Å². The highest BCUT2D eigenvalue weighted by molar-refractivity contribution is 7.89. The summed E-state index contributed by atoms with van der Waals surface area (Å²) in [5.41, 5.74) is 1.68. The van der Waals surface area contributed by atoms with Crippen LogP contribution < -0.4 is 0 Å². The smallest absolute Gasteiger partial charge is 0.243 e. The number of nitrogens with zero attached hydrogens (tertiary/aromatic N) is 2. The van der Waals surface area contributed by atoms with Gasteiger partial charge in [0.15, 0.2) is 11.6 Å². The fraction of sp³-hybridized carbons (Fsp3) is 0.333. The molecule has 4 nitrogen and oxygen atoms in total. The second-order valence-corrected chi connectivity index (χ2v) is 8.18. The zero-order valence-corrected chi connectivity index (χ0v) is 14.8. The van der Waals surface area contributed by atoms with Crippen LogP contribution in [0.3, 0.4) is 0 Å². The van der Waals surface area contributed by atoms with Crippen molar-refractivity contribution in [1.82, 2.24) is 9.21 Å². The molecule has 1 saturated heterocycles. The van der Waals surface area contributed by atoms with E-state index in [4.69, 9.17) is 0 Å². The molecule has 1 fully saturated rings. The Hall–Kier alpha value is -1.83. The number of benzene rings is 2. The highest BCUT2D eigenvalue weighted by Gasteiger charge is 2.28. The third kappa shape index (κ3) is 4.05. The monoisotopic (exact) mass is 366 g/mol. The molecular formula is C18H20F2N2O2S. The molecule has 0 spiro atoms. The molecule has 0 saturated carbocycles. The fourth-order valence-corrected chi connectivity index (χ4v) is 4.31. The lowest BCUT2D eigenvalue weighted by molar-refractivity contribution is 0.181. The van der Waals surface area contributed by atoms with E-state index in [1.807, 2.05) is 11.8 Å². The number of halogens is 2. The van der Waals surface area contributed by atoms with Gasteiger partial charge >= 0.3 is 0 Å². The Balaban J connectivity index is 1.63. The Bertz CT molecular complexity index is 846. The summed E-state index contributed by atoms with van der Waals surface area (Å²) in [6.07, 6.45) is 0. The summed E-state index contributed by atoms with van der Waals surface area (Å²) in [6, 6.07) is 10.7. The second kappa shape index (κ2) is 7.19. The van der Waals surface area contributed by atoms with Gasteiger partial charge < -0.3 is 0 Å². The van der Waals surface area contributed by atoms with Crippen LogP contribution in [-0.2, 0) is 16.6 Å². The van der Waals surface area contributed by atoms with Crippen LogP contribution >= 0.6 is 0 Å². The van der Waals surface area contributed by atoms with Crippen molar-refractivity contribution in [2.75, 3.05) is 26.2 Å². The number of sulfonamides is 1. The van der Waals surface area contributed by atoms with Gasteiger partial charge in [-0.25, -0.2) is 17.2 Å². The van der Waals surface area contributed by atoms with E-state index < -0.39 is 21.7 Å². The van der Waals surface area contributed by atoms with E-state index in [1.54, 1.807) is 30.3 Å². The van der Waals surface area contributed by atoms with E-state index in [9.17, 15) is 17.2 Å². The zero-order valence-electron chi connectivity index (χ0n) is 14.0. The van der Waals surface area contributed by atoms with Gasteiger partial charge in [-0.1, -0.05) is 23.8 Å². The van der Waals surface area contributed by atoms with Crippen LogP contribution in [0, 0.1) is 18.6 Å². The molecule has 1 heterocycles. The highest BCUT2D eigenvalue weighted by Crippen LogP contribution is 2.19. The van der Waals surface area contributed by atoms with Crippen molar-refractivity contribution in [3.05, 3.63) is 65.2 Å². The van der Waals surface area contributed by atoms with Crippen LogP contribution in [0.5, 0.6) is 0 Å². The Morgan fingerprint density at radius 3 is 2.16 bits per heavy atom. The summed E-state index contributed by atoms with van der Waals surface area (Å²) in [5, 5.41) is 0. The Morgan fingerprint density at radius 2 is 1.56 bits per heavy atom. The molecule has 1 aliphatic heterocycles. The summed E-state index contributed by atoms with van der Waals surface area (Å²) in [7, 11) is -3.49. The van der Waals surface area contributed by atoms with E-state index in [1.165, 1.54) is 10.4 Å². The molecule has 0 N–H and O–H groups in total. The minimum atomic E-state index is -3.49. The van der Waals surface area contributed by atoms with Gasteiger partial charge in [0.05, 0.1) is 4.90 Å². The van der Waals surface area contributed by atoms with Crippen LogP contribution in [0.25, 0.3) is 0 Å². The van der Waals surface area contributed by atoms with E-state index in [-0.39, 0.29) is 0 Å². The van der Waals surface area contributed by atoms with Crippen LogP contribution in [0.1, 0.15) is 11.1 Å². The number of hydrogen-bond donors (Lipinski definition) is 0. The number of aryl methyl sites for hydroxylation is 1. The molecular weight excluding hydrogens is 346 g/mol. The summed E-state index contributed by atoms with van der Waals surface area (Å²) in [4.78, 5) is 2.33. The first-order valence-corrected chi connectivity index (χ1v) is 9.53. The fourth-order valence-electron chi connectivity index (χ4n) is 2.88. The molecule has 7 heteroatoms. The molecule has 2 aromatic rings. The second-order valence-electron chi connectivity index (χ2n) is 6.24. The average molecular weight is 366 g/mol. The molecule has 134 valence electrons. The predicted octanol–water partition coefficient (Wildman–Crippen LogP) is 2.78. The standard InChI is InChI=1S/C18H20F2N2O2S/c1-14-2-5-16(6-3-14)25(23,24)22-10-8-21(9-11-22)13-15-4-7-17(19)18(20)12-15/h2-7,12H,8-11,13H2,1H3. The molecule has 0 amide bonds. The SMILES string of the molecule is Cc1ccc(S(=O)(=O)N2CCN(Cc3ccc(F)c(F)c3)CC2)cc1. The lowest BCUT2D eigenvalue weighted by atomic mass is 10.2. The van der Waals surface area contributed by atoms with Crippen molar-refractivity contribution in [3.8, 4) is 0 Å². The summed E-state index contributed by atoms with van der Waals surface area (Å²) in [5.74, 6) is -1.73. The van der Waals surface area contributed by atoms with Crippen molar-refractivity contribution in [2.45, 2.75) is 18.4 Å². The molecule has 2 aromatic carbocycles. The largest absolute Gasteiger partial charge is 0.296 e. The Kier molecular flexibility index (Phi) is 5.17. The number of piperazine rings is 1. The van der Waals surface area contributed by atoms with E-state index >= 15 is 0 Å². The highest BCUT2D eigenvalue weighted by atomic mass is 32.2. The van der Waals surface area contributed by atoms with E-state index in [0.717, 1.165) is 11.6 Å². The maximum absolute atomic E-state index is 13.3. The van der Waals surface area contributed by atoms with Crippen molar-refractivity contribution >= 4 is 10.0 Å². The van der Waals surface area contributed by atoms with Crippen molar-refractivity contribution < 1.29 is 17.2 Å². The summed E-state index contributed by atoms with van der Waals surface area (Å²) < 4.78 is 53.1. The maximum atomic E-state index is 13.3. The first-order valence-electron chi connectivity index (χ1n) is 8.09. The summed E-state index contributed by atoms with van der Waals surface area (Å²) in [6.45, 7) is 4.22. The van der Waals surface area contributed by atoms with E-state index in [2.05, 4.69) is 0 Å². The molecule has 0 aliphatic carbocycles. The molecule has 0 radical (unpaired) electrons. The normalized spacial score (nSPS) is 16.9. The van der Waals surface area contributed by atoms with Crippen LogP contribution in [0.4, 0.5) is 8.78 Å². The predicted molar refractivity (Wildman–Crippen MR) is 91.6 cm³/mol. The van der Waals surface area contributed by atoms with Gasteiger partial charge in [-0.2, -0.15) is 4.31 Å². The van der Waals surface area contributed by atoms with Gasteiger partial charge in [0.25, 0.3) is 0 Å². The third-order valence-electron chi connectivity index (χ3n) is 4.38. The Labute approximate surface area is 146 Å². The average Bonchev–Trinajstić information content (AvgIpc) is 2.59. The number of rotatable bonds is 4. The molecule has 25 heavy (non-hydrogen) atoms. The molecule has 1 aliphatic rings. The quantitative estimate of drug-likeness (QED) is 0.836. The van der Waals surface area contributed by atoms with Gasteiger partial charge in [-0.15, -0.1) is 0 Å². The van der Waals surface area contributed by atoms with Gasteiger partial charge in [-0.05, 0) is 36.8 Å². The van der Waals surface area contributed by atoms with Crippen molar-refractivity contribution in [2.24, 2.45) is 0 Å². The van der Waals surface area contributed by atoms with Crippen LogP contribution in [-0.4, -0.2) is 43.8 Å². The maximum Gasteiger partial charge on any atom is 0.243 e. The molecule has 0 aromatic heterocycles. The zero-order chi connectivity index (χ0) is 18.0. The third-order valence-corrected chi connectivity index (χ3v) is 6.29. The molecule has 0 unspecified atom stereocenters. The molecule has 0 atom stereocenters. The number of hydrogen-bond acceptors (Lipinski definition) is 3. The van der Waals surface area contributed by atoms with Crippen molar-refractivity contribution in [1.29, 1.82) is 0 Å². The minimum absolute atomic E-state index is 0.298. The summed E-state index contributed by atoms with van der Waals surface area (Å²) >= 11 is 0. The molecule has 0 bridgehead atoms. The van der Waals surface area contributed by atoms with Crippen molar-refractivity contribution in [3.63, 3.8) is 0 Å². The van der Waals surface area contributed by atoms with Crippen LogP contribution in [0.15, 0.2) is 47.4 Å². The van der Waals surface area contributed by atoms with E-state index in [0.29, 0.717) is 43.2 Å². The van der Waals surface area contributed by atoms with Gasteiger partial charge in [0.1, 0.15) is 0 Å². The minimum Gasteiger partial charge on any atom is -0.296 e. The first-order chi connectivity index (χ1) is 11.9.